The van der Waals surface area contributed by atoms with E-state index in [1.807, 2.05) is 0 Å². The van der Waals surface area contributed by atoms with Gasteiger partial charge in [-0.3, -0.25) is 4.79 Å². The van der Waals surface area contributed by atoms with E-state index < -0.39 is 0 Å². The summed E-state index contributed by atoms with van der Waals surface area (Å²) in [6, 6.07) is 0. The number of ketones is 1. The summed E-state index contributed by atoms with van der Waals surface area (Å²) in [5.74, 6) is 0.711. The van der Waals surface area contributed by atoms with Gasteiger partial charge in [0.25, 0.3) is 0 Å². The first-order valence-corrected chi connectivity index (χ1v) is 3.02. The second-order valence-electron chi connectivity index (χ2n) is 2.47. The minimum atomic E-state index is 0.301. The molecule has 0 aromatic rings. The molecule has 0 amide bonds. The summed E-state index contributed by atoms with van der Waals surface area (Å²) < 4.78 is 5.20. The lowest BCUT2D eigenvalue weighted by Crippen LogP contribution is -2.38. The smallest absolute Gasteiger partial charge is 0.141 e. The van der Waals surface area contributed by atoms with Crippen molar-refractivity contribution in [3.8, 4) is 0 Å². The molecule has 44 valence electrons. The van der Waals surface area contributed by atoms with Gasteiger partial charge in [0.2, 0.25) is 0 Å². The van der Waals surface area contributed by atoms with Gasteiger partial charge in [-0.2, -0.15) is 0 Å². The maximum atomic E-state index is 10.6. The van der Waals surface area contributed by atoms with E-state index in [1.165, 1.54) is 0 Å². The van der Waals surface area contributed by atoms with Crippen LogP contribution in [0.4, 0.5) is 0 Å². The van der Waals surface area contributed by atoms with E-state index in [2.05, 4.69) is 0 Å². The molecule has 1 saturated carbocycles. The third-order valence-electron chi connectivity index (χ3n) is 2.03. The fourth-order valence-corrected chi connectivity index (χ4v) is 1.41. The fourth-order valence-electron chi connectivity index (χ4n) is 1.41. The summed E-state index contributed by atoms with van der Waals surface area (Å²) in [6.45, 7) is 0.807. The van der Waals surface area contributed by atoms with Crippen molar-refractivity contribution in [1.82, 2.24) is 0 Å². The Balaban J connectivity index is 2.11. The Bertz CT molecular complexity index is 130. The van der Waals surface area contributed by atoms with E-state index in [0.29, 0.717) is 24.2 Å². The van der Waals surface area contributed by atoms with Gasteiger partial charge in [0.1, 0.15) is 5.78 Å². The van der Waals surface area contributed by atoms with Gasteiger partial charge in [-0.05, 0) is 6.42 Å². The Kier molecular flexibility index (Phi) is 0.742. The molecule has 0 spiro atoms. The average Bonchev–Trinajstić information content (AvgIpc) is 2.09. The van der Waals surface area contributed by atoms with Gasteiger partial charge in [-0.1, -0.05) is 0 Å². The SMILES string of the molecule is O=C1CC2OCCC12. The minimum Gasteiger partial charge on any atom is -0.377 e. The van der Waals surface area contributed by atoms with Crippen molar-refractivity contribution in [3.63, 3.8) is 0 Å². The second-order valence-corrected chi connectivity index (χ2v) is 2.47. The number of carbonyl (C=O) groups excluding carboxylic acids is 1. The van der Waals surface area contributed by atoms with Gasteiger partial charge < -0.3 is 4.74 Å². The van der Waals surface area contributed by atoms with Gasteiger partial charge in [-0.15, -0.1) is 0 Å². The molecule has 8 heavy (non-hydrogen) atoms. The zero-order valence-electron chi connectivity index (χ0n) is 4.59. The van der Waals surface area contributed by atoms with Crippen LogP contribution in [-0.4, -0.2) is 18.5 Å². The van der Waals surface area contributed by atoms with Gasteiger partial charge in [-0.25, -0.2) is 0 Å². The van der Waals surface area contributed by atoms with Crippen molar-refractivity contribution < 1.29 is 9.53 Å². The van der Waals surface area contributed by atoms with Gasteiger partial charge >= 0.3 is 0 Å². The third kappa shape index (κ3) is 0.388. The van der Waals surface area contributed by atoms with Crippen LogP contribution in [-0.2, 0) is 9.53 Å². The highest BCUT2D eigenvalue weighted by Crippen LogP contribution is 2.34. The standard InChI is InChI=1S/C6H8O2/c7-5-3-6-4(5)1-2-8-6/h4,6H,1-3H2. The van der Waals surface area contributed by atoms with E-state index >= 15 is 0 Å². The molecular formula is C6H8O2. The van der Waals surface area contributed by atoms with Crippen molar-refractivity contribution in [1.29, 1.82) is 0 Å². The summed E-state index contributed by atoms with van der Waals surface area (Å²) in [7, 11) is 0. The highest BCUT2D eigenvalue weighted by Gasteiger charge is 2.43. The van der Waals surface area contributed by atoms with E-state index in [4.69, 9.17) is 4.74 Å². The predicted molar refractivity (Wildman–Crippen MR) is 27.5 cm³/mol. The normalized spacial score (nSPS) is 43.8. The van der Waals surface area contributed by atoms with Crippen molar-refractivity contribution in [2.75, 3.05) is 6.61 Å². The summed E-state index contributed by atoms with van der Waals surface area (Å²) >= 11 is 0. The molecule has 1 aliphatic carbocycles. The van der Waals surface area contributed by atoms with Crippen LogP contribution in [0.25, 0.3) is 0 Å². The molecule has 0 bridgehead atoms. The molecule has 1 heterocycles. The van der Waals surface area contributed by atoms with Crippen LogP contribution >= 0.6 is 0 Å². The number of ether oxygens (including phenoxy) is 1. The second kappa shape index (κ2) is 1.32. The Morgan fingerprint density at radius 2 is 2.50 bits per heavy atom. The highest BCUT2D eigenvalue weighted by atomic mass is 16.5. The van der Waals surface area contributed by atoms with Crippen molar-refractivity contribution in [3.05, 3.63) is 0 Å². The number of carbonyl (C=O) groups is 1. The van der Waals surface area contributed by atoms with Crippen LogP contribution in [0.1, 0.15) is 12.8 Å². The minimum absolute atomic E-state index is 0.301. The third-order valence-corrected chi connectivity index (χ3v) is 2.03. The largest absolute Gasteiger partial charge is 0.377 e. The van der Waals surface area contributed by atoms with E-state index in [-0.39, 0.29) is 0 Å². The molecule has 2 aliphatic rings. The molecule has 0 aromatic heterocycles. The topological polar surface area (TPSA) is 26.3 Å². The first-order chi connectivity index (χ1) is 3.88. The first-order valence-electron chi connectivity index (χ1n) is 3.02. The van der Waals surface area contributed by atoms with Crippen LogP contribution < -0.4 is 0 Å². The molecule has 2 heteroatoms. The number of fused-ring (bicyclic) bond motifs is 1. The molecule has 0 N–H and O–H groups in total. The lowest BCUT2D eigenvalue weighted by atomic mass is 9.80. The van der Waals surface area contributed by atoms with Crippen LogP contribution in [0.15, 0.2) is 0 Å². The fraction of sp³-hybridized carbons (Fsp3) is 0.833. The van der Waals surface area contributed by atoms with Crippen molar-refractivity contribution >= 4 is 5.78 Å². The molecule has 2 fully saturated rings. The maximum absolute atomic E-state index is 10.6. The van der Waals surface area contributed by atoms with Crippen LogP contribution in [0.2, 0.25) is 0 Å². The Hall–Kier alpha value is -0.370. The molecule has 2 unspecified atom stereocenters. The van der Waals surface area contributed by atoms with Crippen LogP contribution in [0, 0.1) is 5.92 Å². The van der Waals surface area contributed by atoms with Crippen molar-refractivity contribution in [2.24, 2.45) is 5.92 Å². The van der Waals surface area contributed by atoms with Gasteiger partial charge in [0.15, 0.2) is 0 Å². The zero-order valence-corrected chi connectivity index (χ0v) is 4.59. The van der Waals surface area contributed by atoms with E-state index in [1.54, 1.807) is 0 Å². The van der Waals surface area contributed by atoms with Gasteiger partial charge in [0.05, 0.1) is 6.10 Å². The molecule has 2 nitrogen and oxygen atoms in total. The monoisotopic (exact) mass is 112 g/mol. The first kappa shape index (κ1) is 4.50. The molecule has 0 aromatic carbocycles. The van der Waals surface area contributed by atoms with Crippen molar-refractivity contribution in [2.45, 2.75) is 18.9 Å². The summed E-state index contributed by atoms with van der Waals surface area (Å²) in [6.07, 6.45) is 1.98. The number of hydrogen-bond acceptors (Lipinski definition) is 2. The average molecular weight is 112 g/mol. The predicted octanol–water partition coefficient (Wildman–Crippen LogP) is 0.364. The van der Waals surface area contributed by atoms with Crippen LogP contribution in [0.5, 0.6) is 0 Å². The highest BCUT2D eigenvalue weighted by molar-refractivity contribution is 5.88. The maximum Gasteiger partial charge on any atom is 0.141 e. The van der Waals surface area contributed by atoms with E-state index in [9.17, 15) is 4.79 Å². The van der Waals surface area contributed by atoms with E-state index in [0.717, 1.165) is 13.0 Å². The molecule has 1 aliphatic heterocycles. The molecular weight excluding hydrogens is 104 g/mol. The molecule has 2 atom stereocenters. The Morgan fingerprint density at radius 1 is 1.62 bits per heavy atom. The van der Waals surface area contributed by atoms with Crippen LogP contribution in [0.3, 0.4) is 0 Å². The quantitative estimate of drug-likeness (QED) is 0.452. The Morgan fingerprint density at radius 3 is 3.00 bits per heavy atom. The summed E-state index contributed by atoms with van der Waals surface area (Å²) in [5, 5.41) is 0. The molecule has 1 saturated heterocycles. The number of hydrogen-bond donors (Lipinski definition) is 0. The summed E-state index contributed by atoms with van der Waals surface area (Å²) in [5.41, 5.74) is 0. The zero-order chi connectivity index (χ0) is 5.56. The number of rotatable bonds is 0. The molecule has 0 radical (unpaired) electrons. The lowest BCUT2D eigenvalue weighted by molar-refractivity contribution is -0.136. The van der Waals surface area contributed by atoms with Gasteiger partial charge in [0, 0.05) is 18.9 Å². The molecule has 2 rings (SSSR count). The summed E-state index contributed by atoms with van der Waals surface area (Å²) in [4.78, 5) is 10.6. The number of Topliss-reactive ketones (excluding diaryl/α,β-unsaturated/α-hetero) is 1. The Labute approximate surface area is 47.8 Å². The lowest BCUT2D eigenvalue weighted by Gasteiger charge is -2.25.